The summed E-state index contributed by atoms with van der Waals surface area (Å²) in [6.07, 6.45) is 0.880. The van der Waals surface area contributed by atoms with Gasteiger partial charge in [-0.3, -0.25) is 24.8 Å². The van der Waals surface area contributed by atoms with E-state index < -0.39 is 34.1 Å². The molecule has 0 spiro atoms. The van der Waals surface area contributed by atoms with Crippen molar-refractivity contribution < 1.29 is 24.0 Å². The quantitative estimate of drug-likeness (QED) is 0.406. The second-order valence-electron chi connectivity index (χ2n) is 4.46. The Kier molecular flexibility index (Phi) is 4.59. The predicted octanol–water partition coefficient (Wildman–Crippen LogP) is 0.826. The van der Waals surface area contributed by atoms with Crippen LogP contribution in [0.2, 0.25) is 0 Å². The van der Waals surface area contributed by atoms with Crippen LogP contribution in [0.25, 0.3) is 0 Å². The van der Waals surface area contributed by atoms with E-state index in [4.69, 9.17) is 5.73 Å². The van der Waals surface area contributed by atoms with E-state index in [-0.39, 0.29) is 21.0 Å². The number of nitrogens with two attached hydrogens (primary N) is 1. The Balaban J connectivity index is 2.45. The molecule has 0 saturated heterocycles. The number of carbonyl (C=O) groups is 3. The summed E-state index contributed by atoms with van der Waals surface area (Å²) in [5, 5.41) is 18.8. The molecular weight excluding hydrogens is 342 g/mol. The number of aromatic amines is 1. The highest BCUT2D eigenvalue weighted by Crippen LogP contribution is 2.34. The van der Waals surface area contributed by atoms with Crippen molar-refractivity contribution in [1.29, 1.82) is 0 Å². The van der Waals surface area contributed by atoms with Gasteiger partial charge in [0.15, 0.2) is 0 Å². The van der Waals surface area contributed by atoms with Crippen LogP contribution in [0.5, 0.6) is 0 Å². The number of nitro groups is 1. The SMILES string of the molecule is COC(=O)c1c(NC(=O)c2[nH]ncc2[N+](=O)[O-])sc(C(N)=O)c1C. The summed E-state index contributed by atoms with van der Waals surface area (Å²) in [7, 11) is 1.13. The third-order valence-corrected chi connectivity index (χ3v) is 4.25. The lowest BCUT2D eigenvalue weighted by Crippen LogP contribution is -2.16. The average molecular weight is 353 g/mol. The second kappa shape index (κ2) is 6.45. The third-order valence-electron chi connectivity index (χ3n) is 3.03. The van der Waals surface area contributed by atoms with Gasteiger partial charge < -0.3 is 15.8 Å². The lowest BCUT2D eigenvalue weighted by molar-refractivity contribution is -0.385. The van der Waals surface area contributed by atoms with Crippen LogP contribution in [0.4, 0.5) is 10.7 Å². The van der Waals surface area contributed by atoms with Gasteiger partial charge in [0.2, 0.25) is 5.69 Å². The highest BCUT2D eigenvalue weighted by Gasteiger charge is 2.28. The number of nitrogens with zero attached hydrogens (tertiary/aromatic N) is 2. The Bertz CT molecular complexity index is 854. The zero-order chi connectivity index (χ0) is 18.0. The molecule has 11 nitrogen and oxygen atoms in total. The van der Waals surface area contributed by atoms with Crippen LogP contribution in [0.3, 0.4) is 0 Å². The Morgan fingerprint density at radius 2 is 2.12 bits per heavy atom. The molecule has 0 aliphatic carbocycles. The van der Waals surface area contributed by atoms with Crippen LogP contribution in [0.15, 0.2) is 6.20 Å². The largest absolute Gasteiger partial charge is 0.465 e. The lowest BCUT2D eigenvalue weighted by Gasteiger charge is -2.04. The van der Waals surface area contributed by atoms with E-state index in [9.17, 15) is 24.5 Å². The van der Waals surface area contributed by atoms with Crippen molar-refractivity contribution in [1.82, 2.24) is 10.2 Å². The fraction of sp³-hybridized carbons (Fsp3) is 0.167. The van der Waals surface area contributed by atoms with Crippen molar-refractivity contribution in [3.63, 3.8) is 0 Å². The zero-order valence-electron chi connectivity index (χ0n) is 12.4. The molecule has 24 heavy (non-hydrogen) atoms. The third kappa shape index (κ3) is 2.94. The first-order valence-corrected chi connectivity index (χ1v) is 7.10. The molecule has 2 amide bonds. The van der Waals surface area contributed by atoms with Crippen molar-refractivity contribution >= 4 is 39.8 Å². The Labute approximate surface area is 137 Å². The number of anilines is 1. The minimum atomic E-state index is -0.901. The minimum absolute atomic E-state index is 0.0120. The van der Waals surface area contributed by atoms with Gasteiger partial charge in [-0.05, 0) is 12.5 Å². The number of H-pyrrole nitrogens is 1. The molecular formula is C12H11N5O6S. The molecule has 0 aromatic carbocycles. The Morgan fingerprint density at radius 1 is 1.46 bits per heavy atom. The lowest BCUT2D eigenvalue weighted by atomic mass is 10.1. The number of amides is 2. The molecule has 0 fully saturated rings. The molecule has 0 unspecified atom stereocenters. The van der Waals surface area contributed by atoms with E-state index in [1.807, 2.05) is 0 Å². The van der Waals surface area contributed by atoms with Gasteiger partial charge >= 0.3 is 11.7 Å². The standard InChI is InChI=1S/C12H11N5O6S/c1-4-6(12(20)23-2)11(24-8(4)9(13)18)15-10(19)7-5(17(21)22)3-14-16-7/h3H,1-2H3,(H2,13,18)(H,14,16)(H,15,19). The van der Waals surface area contributed by atoms with Crippen LogP contribution in [-0.4, -0.2) is 40.0 Å². The number of methoxy groups -OCH3 is 1. The zero-order valence-corrected chi connectivity index (χ0v) is 13.2. The molecule has 2 rings (SSSR count). The van der Waals surface area contributed by atoms with Crippen LogP contribution in [0, 0.1) is 17.0 Å². The molecule has 4 N–H and O–H groups in total. The number of nitrogens with one attached hydrogen (secondary N) is 2. The maximum Gasteiger partial charge on any atom is 0.341 e. The van der Waals surface area contributed by atoms with Crippen molar-refractivity contribution in [3.8, 4) is 0 Å². The normalized spacial score (nSPS) is 10.2. The second-order valence-corrected chi connectivity index (χ2v) is 5.48. The summed E-state index contributed by atoms with van der Waals surface area (Å²) < 4.78 is 4.62. The maximum absolute atomic E-state index is 12.2. The maximum atomic E-state index is 12.2. The van der Waals surface area contributed by atoms with E-state index in [0.29, 0.717) is 0 Å². The van der Waals surface area contributed by atoms with Gasteiger partial charge in [0.1, 0.15) is 11.2 Å². The first-order chi connectivity index (χ1) is 11.3. The van der Waals surface area contributed by atoms with Crippen LogP contribution in [-0.2, 0) is 4.74 Å². The number of aromatic nitrogens is 2. The summed E-state index contributed by atoms with van der Waals surface area (Å²) in [4.78, 5) is 45.6. The van der Waals surface area contributed by atoms with Gasteiger partial charge in [0.25, 0.3) is 11.8 Å². The highest BCUT2D eigenvalue weighted by atomic mass is 32.1. The Hall–Kier alpha value is -3.28. The van der Waals surface area contributed by atoms with Crippen LogP contribution >= 0.6 is 11.3 Å². The van der Waals surface area contributed by atoms with E-state index in [1.165, 1.54) is 6.92 Å². The number of hydrogen-bond acceptors (Lipinski definition) is 8. The van der Waals surface area contributed by atoms with Gasteiger partial charge in [0, 0.05) is 0 Å². The van der Waals surface area contributed by atoms with Gasteiger partial charge in [-0.25, -0.2) is 4.79 Å². The number of esters is 1. The Morgan fingerprint density at radius 3 is 2.67 bits per heavy atom. The predicted molar refractivity (Wildman–Crippen MR) is 82.1 cm³/mol. The molecule has 0 bridgehead atoms. The van der Waals surface area contributed by atoms with E-state index >= 15 is 0 Å². The van der Waals surface area contributed by atoms with Gasteiger partial charge in [0.05, 0.1) is 22.5 Å². The van der Waals surface area contributed by atoms with Crippen LogP contribution < -0.4 is 11.1 Å². The van der Waals surface area contributed by atoms with Crippen molar-refractivity contribution in [3.05, 3.63) is 38.0 Å². The summed E-state index contributed by atoms with van der Waals surface area (Å²) in [5.74, 6) is -2.47. The van der Waals surface area contributed by atoms with Gasteiger partial charge in [-0.1, -0.05) is 0 Å². The first-order valence-electron chi connectivity index (χ1n) is 6.28. The topological polar surface area (TPSA) is 170 Å². The molecule has 12 heteroatoms. The number of rotatable bonds is 5. The molecule has 0 saturated carbocycles. The minimum Gasteiger partial charge on any atom is -0.465 e. The molecule has 2 aromatic rings. The summed E-state index contributed by atoms with van der Waals surface area (Å²) in [6.45, 7) is 1.47. The summed E-state index contributed by atoms with van der Waals surface area (Å²) in [5.41, 5.74) is 4.49. The van der Waals surface area contributed by atoms with Gasteiger partial charge in [-0.15, -0.1) is 11.3 Å². The number of thiophene rings is 1. The fourth-order valence-corrected chi connectivity index (χ4v) is 2.98. The van der Waals surface area contributed by atoms with E-state index in [1.54, 1.807) is 0 Å². The highest BCUT2D eigenvalue weighted by molar-refractivity contribution is 7.18. The molecule has 126 valence electrons. The number of primary amides is 1. The molecule has 0 aliphatic heterocycles. The monoisotopic (exact) mass is 353 g/mol. The van der Waals surface area contributed by atoms with Crippen molar-refractivity contribution in [2.75, 3.05) is 12.4 Å². The van der Waals surface area contributed by atoms with Crippen molar-refractivity contribution in [2.24, 2.45) is 5.73 Å². The van der Waals surface area contributed by atoms with E-state index in [2.05, 4.69) is 20.3 Å². The fourth-order valence-electron chi connectivity index (χ4n) is 1.94. The molecule has 0 aliphatic rings. The number of ether oxygens (including phenoxy) is 1. The molecule has 2 heterocycles. The summed E-state index contributed by atoms with van der Waals surface area (Å²) >= 11 is 0.766. The number of hydrogen-bond donors (Lipinski definition) is 3. The molecule has 0 atom stereocenters. The van der Waals surface area contributed by atoms with Crippen molar-refractivity contribution in [2.45, 2.75) is 6.92 Å². The first kappa shape index (κ1) is 17.1. The smallest absolute Gasteiger partial charge is 0.341 e. The van der Waals surface area contributed by atoms with Crippen LogP contribution in [0.1, 0.15) is 36.1 Å². The summed E-state index contributed by atoms with van der Waals surface area (Å²) in [6, 6.07) is 0. The van der Waals surface area contributed by atoms with Gasteiger partial charge in [-0.2, -0.15) is 5.10 Å². The molecule has 2 aromatic heterocycles. The number of carbonyl (C=O) groups excluding carboxylic acids is 3. The van der Waals surface area contributed by atoms with E-state index in [0.717, 1.165) is 24.6 Å². The molecule has 0 radical (unpaired) electrons. The average Bonchev–Trinajstić information content (AvgIpc) is 3.11.